The van der Waals surface area contributed by atoms with Crippen molar-refractivity contribution >= 4 is 46.2 Å². The Bertz CT molecular complexity index is 1420. The third kappa shape index (κ3) is 4.01. The van der Waals surface area contributed by atoms with Crippen LogP contribution >= 0.6 is 23.2 Å². The quantitative estimate of drug-likeness (QED) is 0.390. The molecule has 0 saturated carbocycles. The zero-order valence-corrected chi connectivity index (χ0v) is 21.7. The van der Waals surface area contributed by atoms with E-state index in [9.17, 15) is 9.59 Å². The second-order valence-electron chi connectivity index (χ2n) is 10.6. The van der Waals surface area contributed by atoms with Crippen molar-refractivity contribution in [1.29, 1.82) is 0 Å². The monoisotopic (exact) mass is 503 g/mol. The van der Waals surface area contributed by atoms with E-state index in [1.54, 1.807) is 18.2 Å². The number of carbonyl (C=O) groups excluding carboxylic acids is 2. The van der Waals surface area contributed by atoms with Crippen LogP contribution < -0.4 is 5.32 Å². The van der Waals surface area contributed by atoms with Crippen LogP contribution in [-0.4, -0.2) is 11.7 Å². The van der Waals surface area contributed by atoms with Gasteiger partial charge in [-0.1, -0.05) is 92.0 Å². The second-order valence-corrected chi connectivity index (χ2v) is 11.5. The van der Waals surface area contributed by atoms with Crippen LogP contribution in [0.4, 0.5) is 5.69 Å². The molecular weight excluding hydrogens is 477 g/mol. The Morgan fingerprint density at radius 2 is 1.69 bits per heavy atom. The molecule has 2 atom stereocenters. The fourth-order valence-corrected chi connectivity index (χ4v) is 5.77. The zero-order valence-electron chi connectivity index (χ0n) is 20.2. The normalized spacial score (nSPS) is 21.7. The highest BCUT2D eigenvalue weighted by molar-refractivity contribution is 6.31. The minimum Gasteiger partial charge on any atom is -0.325 e. The van der Waals surface area contributed by atoms with Gasteiger partial charge >= 0.3 is 0 Å². The summed E-state index contributed by atoms with van der Waals surface area (Å²) in [6.07, 6.45) is 2.08. The van der Waals surface area contributed by atoms with Crippen molar-refractivity contribution in [3.05, 3.63) is 105 Å². The lowest BCUT2D eigenvalue weighted by molar-refractivity contribution is -0.121. The molecule has 178 valence electrons. The topological polar surface area (TPSA) is 46.2 Å². The van der Waals surface area contributed by atoms with E-state index in [1.165, 1.54) is 0 Å². The number of allylic oxidation sites excluding steroid dienone is 1. The van der Waals surface area contributed by atoms with E-state index in [2.05, 4.69) is 38.2 Å². The molecule has 2 aliphatic rings. The average Bonchev–Trinajstić information content (AvgIpc) is 3.04. The summed E-state index contributed by atoms with van der Waals surface area (Å²) in [5, 5.41) is 4.15. The standard InChI is InChI=1S/C30H27Cl2NO2/c1-17-10-19(12-20(11-17)29(2,3)4)23-16-30(24-9-8-22(32)14-26(24)33-28(30)35)25(15-27(23)34)18-6-5-7-21(31)13-18/h5-14,16,25H,15H2,1-4H3,(H,33,35)/t25-,30-/m0/s1. The van der Waals surface area contributed by atoms with Crippen molar-refractivity contribution < 1.29 is 9.59 Å². The Balaban J connectivity index is 1.78. The molecule has 1 N–H and O–H groups in total. The predicted octanol–water partition coefficient (Wildman–Crippen LogP) is 7.63. The summed E-state index contributed by atoms with van der Waals surface area (Å²) in [6, 6.07) is 19.2. The molecule has 0 bridgehead atoms. The molecule has 0 fully saturated rings. The van der Waals surface area contributed by atoms with Crippen molar-refractivity contribution in [1.82, 2.24) is 0 Å². The third-order valence-corrected chi connectivity index (χ3v) is 7.64. The molecule has 3 nitrogen and oxygen atoms in total. The van der Waals surface area contributed by atoms with Crippen LogP contribution in [0.15, 0.2) is 66.7 Å². The molecular formula is C30H27Cl2NO2. The molecule has 35 heavy (non-hydrogen) atoms. The highest BCUT2D eigenvalue weighted by atomic mass is 35.5. The van der Waals surface area contributed by atoms with Gasteiger partial charge in [0, 0.05) is 33.6 Å². The van der Waals surface area contributed by atoms with Crippen molar-refractivity contribution in [2.75, 3.05) is 5.32 Å². The van der Waals surface area contributed by atoms with Gasteiger partial charge in [-0.2, -0.15) is 0 Å². The molecule has 1 spiro atoms. The van der Waals surface area contributed by atoms with E-state index in [-0.39, 0.29) is 23.5 Å². The maximum Gasteiger partial charge on any atom is 0.239 e. The van der Waals surface area contributed by atoms with Crippen molar-refractivity contribution in [3.8, 4) is 0 Å². The largest absolute Gasteiger partial charge is 0.325 e. The van der Waals surface area contributed by atoms with E-state index in [0.717, 1.165) is 27.8 Å². The fourth-order valence-electron chi connectivity index (χ4n) is 5.40. The SMILES string of the molecule is Cc1cc(C2=C[C@@]3(C(=O)Nc4cc(Cl)ccc43)[C@H](c3cccc(Cl)c3)CC2=O)cc(C(C)(C)C)c1. The molecule has 1 aliphatic heterocycles. The van der Waals surface area contributed by atoms with E-state index in [1.807, 2.05) is 43.3 Å². The number of fused-ring (bicyclic) bond motifs is 2. The molecule has 5 rings (SSSR count). The minimum absolute atomic E-state index is 0.0151. The van der Waals surface area contributed by atoms with Gasteiger partial charge in [0.05, 0.1) is 0 Å². The first-order valence-corrected chi connectivity index (χ1v) is 12.5. The summed E-state index contributed by atoms with van der Waals surface area (Å²) in [6.45, 7) is 8.51. The Hall–Kier alpha value is -2.88. The van der Waals surface area contributed by atoms with Crippen LogP contribution in [0.3, 0.4) is 0 Å². The first-order valence-electron chi connectivity index (χ1n) is 11.7. The lowest BCUT2D eigenvalue weighted by atomic mass is 9.61. The van der Waals surface area contributed by atoms with Crippen LogP contribution in [0.2, 0.25) is 10.0 Å². The maximum atomic E-state index is 13.8. The molecule has 5 heteroatoms. The van der Waals surface area contributed by atoms with Crippen LogP contribution in [-0.2, 0) is 20.4 Å². The molecule has 1 amide bonds. The highest BCUT2D eigenvalue weighted by Crippen LogP contribution is 2.54. The Morgan fingerprint density at radius 1 is 0.943 bits per heavy atom. The van der Waals surface area contributed by atoms with Gasteiger partial charge < -0.3 is 5.32 Å². The summed E-state index contributed by atoms with van der Waals surface area (Å²) in [5.74, 6) is -0.540. The summed E-state index contributed by atoms with van der Waals surface area (Å²) in [4.78, 5) is 27.5. The smallest absolute Gasteiger partial charge is 0.239 e. The van der Waals surface area contributed by atoms with Crippen LogP contribution in [0.25, 0.3) is 5.57 Å². The number of halogens is 2. The average molecular weight is 504 g/mol. The number of amides is 1. The van der Waals surface area contributed by atoms with Gasteiger partial charge in [0.15, 0.2) is 5.78 Å². The summed E-state index contributed by atoms with van der Waals surface area (Å²) in [7, 11) is 0. The number of nitrogens with one attached hydrogen (secondary N) is 1. The number of anilines is 1. The summed E-state index contributed by atoms with van der Waals surface area (Å²) >= 11 is 12.6. The van der Waals surface area contributed by atoms with Gasteiger partial charge in [0.2, 0.25) is 5.91 Å². The number of hydrogen-bond acceptors (Lipinski definition) is 2. The first kappa shape index (κ1) is 23.8. The zero-order chi connectivity index (χ0) is 25.1. The third-order valence-electron chi connectivity index (χ3n) is 7.17. The molecule has 1 heterocycles. The predicted molar refractivity (Wildman–Crippen MR) is 143 cm³/mol. The summed E-state index contributed by atoms with van der Waals surface area (Å²) < 4.78 is 0. The number of benzene rings is 3. The molecule has 1 aliphatic carbocycles. The van der Waals surface area contributed by atoms with E-state index in [4.69, 9.17) is 23.2 Å². The number of Topliss-reactive ketones (excluding diaryl/α,β-unsaturated/α-hetero) is 1. The van der Waals surface area contributed by atoms with Crippen LogP contribution in [0, 0.1) is 6.92 Å². The summed E-state index contributed by atoms with van der Waals surface area (Å²) in [5.41, 5.74) is 4.89. The molecule has 0 radical (unpaired) electrons. The second kappa shape index (κ2) is 8.36. The van der Waals surface area contributed by atoms with Gasteiger partial charge in [-0.15, -0.1) is 0 Å². The number of rotatable bonds is 2. The molecule has 3 aromatic rings. The van der Waals surface area contributed by atoms with Crippen molar-refractivity contribution in [2.45, 2.75) is 50.9 Å². The minimum atomic E-state index is -1.06. The molecule has 0 aromatic heterocycles. The number of aryl methyl sites for hydroxylation is 1. The highest BCUT2D eigenvalue weighted by Gasteiger charge is 2.54. The lowest BCUT2D eigenvalue weighted by Gasteiger charge is -2.38. The van der Waals surface area contributed by atoms with E-state index in [0.29, 0.717) is 21.3 Å². The molecule has 0 unspecified atom stereocenters. The Labute approximate surface area is 216 Å². The van der Waals surface area contributed by atoms with Crippen molar-refractivity contribution in [3.63, 3.8) is 0 Å². The van der Waals surface area contributed by atoms with E-state index >= 15 is 0 Å². The number of carbonyl (C=O) groups is 2. The molecule has 3 aromatic carbocycles. The number of ketones is 1. The van der Waals surface area contributed by atoms with Crippen LogP contribution in [0.1, 0.15) is 60.9 Å². The van der Waals surface area contributed by atoms with Gasteiger partial charge in [-0.05, 0) is 58.9 Å². The van der Waals surface area contributed by atoms with Crippen molar-refractivity contribution in [2.24, 2.45) is 0 Å². The molecule has 0 saturated heterocycles. The maximum absolute atomic E-state index is 13.8. The van der Waals surface area contributed by atoms with Gasteiger partial charge in [-0.25, -0.2) is 0 Å². The lowest BCUT2D eigenvalue weighted by Crippen LogP contribution is -2.43. The van der Waals surface area contributed by atoms with Gasteiger partial charge in [-0.3, -0.25) is 9.59 Å². The van der Waals surface area contributed by atoms with Gasteiger partial charge in [0.1, 0.15) is 5.41 Å². The van der Waals surface area contributed by atoms with Crippen LogP contribution in [0.5, 0.6) is 0 Å². The first-order chi connectivity index (χ1) is 16.5. The van der Waals surface area contributed by atoms with E-state index < -0.39 is 11.3 Å². The Kier molecular flexibility index (Phi) is 5.69. The number of hydrogen-bond donors (Lipinski definition) is 1. The van der Waals surface area contributed by atoms with Gasteiger partial charge in [0.25, 0.3) is 0 Å². The Morgan fingerprint density at radius 3 is 2.40 bits per heavy atom. The fraction of sp³-hybridized carbons (Fsp3) is 0.267.